The summed E-state index contributed by atoms with van der Waals surface area (Å²) in [7, 11) is 0. The van der Waals surface area contributed by atoms with Gasteiger partial charge in [0, 0.05) is 11.8 Å². The fraction of sp³-hybridized carbons (Fsp3) is 0.538. The molecular formula is C13H19NO3. The van der Waals surface area contributed by atoms with Crippen molar-refractivity contribution in [3.05, 3.63) is 23.4 Å². The highest BCUT2D eigenvalue weighted by molar-refractivity contribution is 5.88. The molecule has 17 heavy (non-hydrogen) atoms. The molecule has 94 valence electrons. The molecular weight excluding hydrogens is 218 g/mol. The lowest BCUT2D eigenvalue weighted by molar-refractivity contribution is 0.0695. The topological polar surface area (TPSA) is 59.4 Å². The fourth-order valence-corrected chi connectivity index (χ4v) is 1.25. The minimum atomic E-state index is -0.954. The molecule has 1 atom stereocenters. The van der Waals surface area contributed by atoms with Gasteiger partial charge in [-0.15, -0.1) is 0 Å². The number of pyridine rings is 1. The van der Waals surface area contributed by atoms with Crippen molar-refractivity contribution in [3.8, 4) is 5.88 Å². The number of hydrogen-bond donors (Lipinski definition) is 1. The first-order valence-corrected chi connectivity index (χ1v) is 5.85. The third-order valence-corrected chi connectivity index (χ3v) is 2.71. The van der Waals surface area contributed by atoms with Gasteiger partial charge in [0.05, 0.1) is 11.7 Å². The minimum absolute atomic E-state index is 0.0104. The third-order valence-electron chi connectivity index (χ3n) is 2.71. The molecule has 1 rings (SSSR count). The molecule has 0 fully saturated rings. The van der Waals surface area contributed by atoms with Gasteiger partial charge in [-0.1, -0.05) is 20.8 Å². The van der Waals surface area contributed by atoms with Gasteiger partial charge in [-0.2, -0.15) is 0 Å². The molecule has 1 unspecified atom stereocenters. The summed E-state index contributed by atoms with van der Waals surface area (Å²) in [6, 6.07) is 3.05. The molecule has 0 radical (unpaired) electrons. The lowest BCUT2D eigenvalue weighted by Gasteiger charge is -2.17. The van der Waals surface area contributed by atoms with Crippen LogP contribution in [0.25, 0.3) is 0 Å². The van der Waals surface area contributed by atoms with Crippen LogP contribution in [0.3, 0.4) is 0 Å². The Hall–Kier alpha value is -1.58. The van der Waals surface area contributed by atoms with Crippen LogP contribution in [0.5, 0.6) is 5.88 Å². The van der Waals surface area contributed by atoms with Crippen molar-refractivity contribution in [2.24, 2.45) is 5.92 Å². The van der Waals surface area contributed by atoms with Crippen LogP contribution >= 0.6 is 0 Å². The first kappa shape index (κ1) is 13.5. The Labute approximate surface area is 102 Å². The molecule has 0 amide bonds. The zero-order valence-electron chi connectivity index (χ0n) is 10.7. The third kappa shape index (κ3) is 3.73. The zero-order chi connectivity index (χ0) is 13.0. The van der Waals surface area contributed by atoms with Gasteiger partial charge in [0.25, 0.3) is 0 Å². The van der Waals surface area contributed by atoms with Crippen LogP contribution in [0.15, 0.2) is 12.1 Å². The van der Waals surface area contributed by atoms with Crippen molar-refractivity contribution < 1.29 is 14.6 Å². The van der Waals surface area contributed by atoms with Crippen LogP contribution in [0.1, 0.15) is 43.7 Å². The standard InChI is InChI=1S/C13H19NO3/c1-5-11-6-10(13(15)16)7-12(14-11)17-9(4)8(2)3/h6-9H,5H2,1-4H3,(H,15,16). The van der Waals surface area contributed by atoms with Crippen LogP contribution in [-0.2, 0) is 6.42 Å². The monoisotopic (exact) mass is 237 g/mol. The molecule has 0 spiro atoms. The van der Waals surface area contributed by atoms with Gasteiger partial charge < -0.3 is 9.84 Å². The normalized spacial score (nSPS) is 12.5. The number of nitrogens with zero attached hydrogens (tertiary/aromatic N) is 1. The van der Waals surface area contributed by atoms with Crippen LogP contribution < -0.4 is 4.74 Å². The highest BCUT2D eigenvalue weighted by atomic mass is 16.5. The zero-order valence-corrected chi connectivity index (χ0v) is 10.7. The summed E-state index contributed by atoms with van der Waals surface area (Å²) in [6.45, 7) is 7.98. The Morgan fingerprint density at radius 2 is 2.06 bits per heavy atom. The highest BCUT2D eigenvalue weighted by Crippen LogP contribution is 2.17. The van der Waals surface area contributed by atoms with Crippen molar-refractivity contribution in [1.29, 1.82) is 0 Å². The molecule has 0 aliphatic heterocycles. The van der Waals surface area contributed by atoms with Crippen LogP contribution in [0.4, 0.5) is 0 Å². The van der Waals surface area contributed by atoms with Crippen LogP contribution in [0.2, 0.25) is 0 Å². The van der Waals surface area contributed by atoms with E-state index in [0.717, 1.165) is 5.69 Å². The number of ether oxygens (including phenoxy) is 1. The van der Waals surface area contributed by atoms with Crippen molar-refractivity contribution in [2.75, 3.05) is 0 Å². The van der Waals surface area contributed by atoms with E-state index >= 15 is 0 Å². The SMILES string of the molecule is CCc1cc(C(=O)O)cc(OC(C)C(C)C)n1. The lowest BCUT2D eigenvalue weighted by atomic mass is 10.1. The first-order valence-electron chi connectivity index (χ1n) is 5.85. The van der Waals surface area contributed by atoms with Gasteiger partial charge in [0.2, 0.25) is 5.88 Å². The molecule has 0 aromatic carbocycles. The number of aryl methyl sites for hydroxylation is 1. The van der Waals surface area contributed by atoms with Crippen molar-refractivity contribution in [2.45, 2.75) is 40.2 Å². The number of carbonyl (C=O) groups is 1. The van der Waals surface area contributed by atoms with Crippen molar-refractivity contribution >= 4 is 5.97 Å². The Bertz CT molecular complexity index is 402. The summed E-state index contributed by atoms with van der Waals surface area (Å²) >= 11 is 0. The maximum Gasteiger partial charge on any atom is 0.335 e. The quantitative estimate of drug-likeness (QED) is 0.855. The van der Waals surface area contributed by atoms with Crippen LogP contribution in [-0.4, -0.2) is 22.2 Å². The molecule has 0 aliphatic rings. The summed E-state index contributed by atoms with van der Waals surface area (Å²) in [5.41, 5.74) is 0.957. The van der Waals surface area contributed by atoms with E-state index in [1.807, 2.05) is 27.7 Å². The minimum Gasteiger partial charge on any atom is -0.478 e. The molecule has 1 heterocycles. The molecule has 0 bridgehead atoms. The number of rotatable bonds is 5. The summed E-state index contributed by atoms with van der Waals surface area (Å²) in [5, 5.41) is 8.99. The Morgan fingerprint density at radius 3 is 2.53 bits per heavy atom. The van der Waals surface area contributed by atoms with Gasteiger partial charge in [-0.05, 0) is 25.3 Å². The van der Waals surface area contributed by atoms with E-state index < -0.39 is 5.97 Å². The van der Waals surface area contributed by atoms with Gasteiger partial charge in [0.15, 0.2) is 0 Å². The summed E-state index contributed by atoms with van der Waals surface area (Å²) in [5.74, 6) is -0.206. The Morgan fingerprint density at radius 1 is 1.41 bits per heavy atom. The average molecular weight is 237 g/mol. The molecule has 4 nitrogen and oxygen atoms in total. The number of aromatic nitrogens is 1. The van der Waals surface area contributed by atoms with Gasteiger partial charge in [-0.3, -0.25) is 0 Å². The second kappa shape index (κ2) is 5.66. The van der Waals surface area contributed by atoms with Gasteiger partial charge in [-0.25, -0.2) is 9.78 Å². The molecule has 0 aliphatic carbocycles. The summed E-state index contributed by atoms with van der Waals surface area (Å²) in [4.78, 5) is 15.2. The number of hydrogen-bond acceptors (Lipinski definition) is 3. The van der Waals surface area contributed by atoms with E-state index in [1.54, 1.807) is 6.07 Å². The number of aromatic carboxylic acids is 1. The number of carboxylic acid groups (broad SMARTS) is 1. The van der Waals surface area contributed by atoms with E-state index in [9.17, 15) is 4.79 Å². The Balaban J connectivity index is 2.98. The predicted molar refractivity (Wildman–Crippen MR) is 65.5 cm³/mol. The second-order valence-electron chi connectivity index (χ2n) is 4.41. The lowest BCUT2D eigenvalue weighted by Crippen LogP contribution is -2.19. The molecule has 0 saturated carbocycles. The van der Waals surface area contributed by atoms with E-state index in [-0.39, 0.29) is 11.7 Å². The highest BCUT2D eigenvalue weighted by Gasteiger charge is 2.13. The summed E-state index contributed by atoms with van der Waals surface area (Å²) < 4.78 is 5.63. The number of carboxylic acids is 1. The predicted octanol–water partition coefficient (Wildman–Crippen LogP) is 2.77. The van der Waals surface area contributed by atoms with E-state index in [2.05, 4.69) is 4.98 Å². The largest absolute Gasteiger partial charge is 0.478 e. The average Bonchev–Trinajstić information content (AvgIpc) is 2.28. The fourth-order valence-electron chi connectivity index (χ4n) is 1.25. The maximum atomic E-state index is 11.0. The maximum absolute atomic E-state index is 11.0. The van der Waals surface area contributed by atoms with E-state index in [1.165, 1.54) is 6.07 Å². The molecule has 4 heteroatoms. The van der Waals surface area contributed by atoms with Gasteiger partial charge >= 0.3 is 5.97 Å². The van der Waals surface area contributed by atoms with E-state index in [4.69, 9.17) is 9.84 Å². The smallest absolute Gasteiger partial charge is 0.335 e. The van der Waals surface area contributed by atoms with Crippen molar-refractivity contribution in [1.82, 2.24) is 4.98 Å². The molecule has 0 saturated heterocycles. The second-order valence-corrected chi connectivity index (χ2v) is 4.41. The van der Waals surface area contributed by atoms with Gasteiger partial charge in [0.1, 0.15) is 0 Å². The summed E-state index contributed by atoms with van der Waals surface area (Å²) in [6.07, 6.45) is 0.698. The van der Waals surface area contributed by atoms with Crippen molar-refractivity contribution in [3.63, 3.8) is 0 Å². The molecule has 1 aromatic heterocycles. The van der Waals surface area contributed by atoms with E-state index in [0.29, 0.717) is 18.2 Å². The molecule has 1 aromatic rings. The Kier molecular flexibility index (Phi) is 4.49. The molecule has 1 N–H and O–H groups in total. The first-order chi connectivity index (χ1) is 7.93. The van der Waals surface area contributed by atoms with Crippen LogP contribution in [0, 0.1) is 5.92 Å².